The lowest BCUT2D eigenvalue weighted by atomic mass is 9.69. The van der Waals surface area contributed by atoms with Gasteiger partial charge in [-0.1, -0.05) is 60.5 Å². The van der Waals surface area contributed by atoms with Crippen LogP contribution < -0.4 is 5.32 Å². The molecule has 24 heavy (non-hydrogen) atoms. The van der Waals surface area contributed by atoms with Gasteiger partial charge in [0.1, 0.15) is 6.04 Å². The van der Waals surface area contributed by atoms with E-state index in [1.807, 2.05) is 24.3 Å². The van der Waals surface area contributed by atoms with Crippen LogP contribution in [0.2, 0.25) is 10.0 Å². The van der Waals surface area contributed by atoms with Crippen molar-refractivity contribution in [1.82, 2.24) is 0 Å². The van der Waals surface area contributed by atoms with Gasteiger partial charge in [-0.25, -0.2) is 4.79 Å². The van der Waals surface area contributed by atoms with Crippen LogP contribution in [0.1, 0.15) is 31.4 Å². The Kier molecular flexibility index (Phi) is 4.75. The molecule has 1 aliphatic heterocycles. The Hall–Kier alpha value is -1.71. The van der Waals surface area contributed by atoms with E-state index in [1.165, 1.54) is 0 Å². The highest BCUT2D eigenvalue weighted by Gasteiger charge is 2.42. The number of nitrogens with one attached hydrogen (secondary N) is 1. The SMILES string of the molecule is CCOC(=O)[C@@H]1C[C@@](C)(c2ccccc2)c2cc(Cl)cc(Cl)c2N1. The number of hydrogen-bond donors (Lipinski definition) is 1. The van der Waals surface area contributed by atoms with Crippen LogP contribution in [0.3, 0.4) is 0 Å². The average Bonchev–Trinajstić information content (AvgIpc) is 2.56. The van der Waals surface area contributed by atoms with Gasteiger partial charge in [-0.15, -0.1) is 0 Å². The van der Waals surface area contributed by atoms with Crippen LogP contribution in [0.4, 0.5) is 5.69 Å². The summed E-state index contributed by atoms with van der Waals surface area (Å²) in [7, 11) is 0. The topological polar surface area (TPSA) is 38.3 Å². The summed E-state index contributed by atoms with van der Waals surface area (Å²) in [6.07, 6.45) is 0.569. The first-order chi connectivity index (χ1) is 11.5. The Morgan fingerprint density at radius 3 is 2.67 bits per heavy atom. The first kappa shape index (κ1) is 17.1. The minimum atomic E-state index is -0.457. The summed E-state index contributed by atoms with van der Waals surface area (Å²) in [5, 5.41) is 4.33. The maximum Gasteiger partial charge on any atom is 0.328 e. The van der Waals surface area contributed by atoms with E-state index in [-0.39, 0.29) is 5.97 Å². The summed E-state index contributed by atoms with van der Waals surface area (Å²) < 4.78 is 5.22. The van der Waals surface area contributed by atoms with Crippen molar-refractivity contribution in [3.8, 4) is 0 Å². The van der Waals surface area contributed by atoms with Crippen LogP contribution >= 0.6 is 23.2 Å². The van der Waals surface area contributed by atoms with Gasteiger partial charge in [-0.2, -0.15) is 0 Å². The van der Waals surface area contributed by atoms with E-state index in [2.05, 4.69) is 24.4 Å². The van der Waals surface area contributed by atoms with E-state index in [1.54, 1.807) is 13.0 Å². The van der Waals surface area contributed by atoms with Gasteiger partial charge in [-0.05, 0) is 36.6 Å². The quantitative estimate of drug-likeness (QED) is 0.775. The second kappa shape index (κ2) is 6.66. The molecule has 126 valence electrons. The number of anilines is 1. The number of esters is 1. The van der Waals surface area contributed by atoms with Crippen molar-refractivity contribution >= 4 is 34.9 Å². The summed E-state index contributed by atoms with van der Waals surface area (Å²) in [5.74, 6) is -0.267. The molecular weight excluding hydrogens is 345 g/mol. The maximum atomic E-state index is 12.4. The van der Waals surface area contributed by atoms with Gasteiger partial charge in [0.15, 0.2) is 0 Å². The molecule has 0 fully saturated rings. The molecule has 0 amide bonds. The van der Waals surface area contributed by atoms with Gasteiger partial charge in [0.25, 0.3) is 0 Å². The highest BCUT2D eigenvalue weighted by atomic mass is 35.5. The zero-order valence-electron chi connectivity index (χ0n) is 13.6. The highest BCUT2D eigenvalue weighted by Crippen LogP contribution is 2.47. The third kappa shape index (κ3) is 2.99. The second-order valence-electron chi connectivity index (χ2n) is 6.16. The number of halogens is 2. The number of benzene rings is 2. The Morgan fingerprint density at radius 2 is 2.00 bits per heavy atom. The number of carbonyl (C=O) groups excluding carboxylic acids is 1. The average molecular weight is 364 g/mol. The van der Waals surface area contributed by atoms with E-state index in [9.17, 15) is 4.79 Å². The van der Waals surface area contributed by atoms with E-state index < -0.39 is 11.5 Å². The molecule has 0 unspecified atom stereocenters. The summed E-state index contributed by atoms with van der Waals surface area (Å²) in [6, 6.07) is 13.2. The molecule has 1 aliphatic rings. The van der Waals surface area contributed by atoms with Crippen LogP contribution in [0.5, 0.6) is 0 Å². The predicted molar refractivity (Wildman–Crippen MR) is 98.0 cm³/mol. The molecule has 0 aromatic heterocycles. The predicted octanol–water partition coefficient (Wildman–Crippen LogP) is 5.05. The van der Waals surface area contributed by atoms with Crippen molar-refractivity contribution in [3.05, 3.63) is 63.6 Å². The number of hydrogen-bond acceptors (Lipinski definition) is 3. The second-order valence-corrected chi connectivity index (χ2v) is 7.01. The third-order valence-corrected chi connectivity index (χ3v) is 5.08. The van der Waals surface area contributed by atoms with Gasteiger partial charge in [-0.3, -0.25) is 0 Å². The van der Waals surface area contributed by atoms with E-state index in [4.69, 9.17) is 27.9 Å². The highest BCUT2D eigenvalue weighted by molar-refractivity contribution is 6.36. The molecule has 0 bridgehead atoms. The lowest BCUT2D eigenvalue weighted by molar-refractivity contribution is -0.144. The molecule has 3 nitrogen and oxygen atoms in total. The van der Waals surface area contributed by atoms with Gasteiger partial charge in [0.05, 0.1) is 17.3 Å². The molecule has 3 rings (SSSR count). The van der Waals surface area contributed by atoms with Gasteiger partial charge in [0, 0.05) is 10.4 Å². The van der Waals surface area contributed by atoms with Crippen molar-refractivity contribution in [2.24, 2.45) is 0 Å². The summed E-state index contributed by atoms with van der Waals surface area (Å²) in [5.41, 5.74) is 2.46. The smallest absolute Gasteiger partial charge is 0.328 e. The fourth-order valence-corrected chi connectivity index (χ4v) is 3.91. The normalized spacial score (nSPS) is 22.4. The van der Waals surface area contributed by atoms with Crippen molar-refractivity contribution in [1.29, 1.82) is 0 Å². The van der Waals surface area contributed by atoms with Crippen LogP contribution in [0.15, 0.2) is 42.5 Å². The summed E-state index contributed by atoms with van der Waals surface area (Å²) >= 11 is 12.7. The largest absolute Gasteiger partial charge is 0.464 e. The van der Waals surface area contributed by atoms with Crippen molar-refractivity contribution in [2.75, 3.05) is 11.9 Å². The monoisotopic (exact) mass is 363 g/mol. The zero-order chi connectivity index (χ0) is 17.3. The van der Waals surface area contributed by atoms with Crippen LogP contribution in [0.25, 0.3) is 0 Å². The first-order valence-electron chi connectivity index (χ1n) is 7.94. The van der Waals surface area contributed by atoms with E-state index in [0.29, 0.717) is 23.1 Å². The van der Waals surface area contributed by atoms with Crippen molar-refractivity contribution in [2.45, 2.75) is 31.7 Å². The molecule has 0 aliphatic carbocycles. The van der Waals surface area contributed by atoms with E-state index >= 15 is 0 Å². The minimum Gasteiger partial charge on any atom is -0.464 e. The summed E-state index contributed by atoms with van der Waals surface area (Å²) in [6.45, 7) is 4.26. The lowest BCUT2D eigenvalue weighted by Gasteiger charge is -2.41. The number of rotatable bonds is 3. The molecule has 0 radical (unpaired) electrons. The van der Waals surface area contributed by atoms with Crippen LogP contribution in [-0.2, 0) is 14.9 Å². The zero-order valence-corrected chi connectivity index (χ0v) is 15.1. The van der Waals surface area contributed by atoms with Gasteiger partial charge < -0.3 is 10.1 Å². The molecule has 0 saturated heterocycles. The molecule has 5 heteroatoms. The molecule has 1 heterocycles. The summed E-state index contributed by atoms with van der Waals surface area (Å²) in [4.78, 5) is 12.4. The van der Waals surface area contributed by atoms with Crippen molar-refractivity contribution in [3.63, 3.8) is 0 Å². The molecular formula is C19H19Cl2NO2. The fraction of sp³-hybridized carbons (Fsp3) is 0.316. The molecule has 2 aromatic carbocycles. The minimum absolute atomic E-state index is 0.267. The molecule has 2 atom stereocenters. The molecule has 0 spiro atoms. The molecule has 1 N–H and O–H groups in total. The Morgan fingerprint density at radius 1 is 1.29 bits per heavy atom. The van der Waals surface area contributed by atoms with E-state index in [0.717, 1.165) is 16.8 Å². The Labute approximate surface area is 151 Å². The first-order valence-corrected chi connectivity index (χ1v) is 8.69. The Bertz CT molecular complexity index is 763. The standard InChI is InChI=1S/C19H19Cl2NO2/c1-3-24-18(23)16-11-19(2,12-7-5-4-6-8-12)14-9-13(20)10-15(21)17(14)22-16/h4-10,16,22H,3,11H2,1-2H3/t16-,19-/m0/s1. The van der Waals surface area contributed by atoms with Crippen LogP contribution in [-0.4, -0.2) is 18.6 Å². The maximum absolute atomic E-state index is 12.4. The molecule has 2 aromatic rings. The lowest BCUT2D eigenvalue weighted by Crippen LogP contribution is -2.44. The number of carbonyl (C=O) groups is 1. The Balaban J connectivity index is 2.16. The van der Waals surface area contributed by atoms with Crippen molar-refractivity contribution < 1.29 is 9.53 Å². The third-order valence-electron chi connectivity index (χ3n) is 4.56. The van der Waals surface area contributed by atoms with Gasteiger partial charge >= 0.3 is 5.97 Å². The number of ether oxygens (including phenoxy) is 1. The van der Waals surface area contributed by atoms with Gasteiger partial charge in [0.2, 0.25) is 0 Å². The van der Waals surface area contributed by atoms with Crippen LogP contribution in [0, 0.1) is 0 Å². The fourth-order valence-electron chi connectivity index (χ4n) is 3.36. The molecule has 0 saturated carbocycles. The number of fused-ring (bicyclic) bond motifs is 1.